The maximum absolute atomic E-state index is 10.3. The molecule has 3 rings (SSSR count). The van der Waals surface area contributed by atoms with E-state index in [9.17, 15) is 5.11 Å². The molecule has 5 heteroatoms. The van der Waals surface area contributed by atoms with Crippen molar-refractivity contribution in [3.63, 3.8) is 0 Å². The molecular formula is C18H29N3O2. The Morgan fingerprint density at radius 1 is 0.826 bits per heavy atom. The fourth-order valence-electron chi connectivity index (χ4n) is 3.41. The van der Waals surface area contributed by atoms with Crippen LogP contribution in [0.5, 0.6) is 0 Å². The van der Waals surface area contributed by atoms with E-state index in [2.05, 4.69) is 45.0 Å². The van der Waals surface area contributed by atoms with E-state index >= 15 is 0 Å². The zero-order chi connectivity index (χ0) is 15.9. The van der Waals surface area contributed by atoms with Gasteiger partial charge in [-0.1, -0.05) is 30.3 Å². The first kappa shape index (κ1) is 16.9. The third-order valence-electron chi connectivity index (χ3n) is 4.76. The van der Waals surface area contributed by atoms with Crippen LogP contribution in [0.4, 0.5) is 0 Å². The van der Waals surface area contributed by atoms with Crippen molar-refractivity contribution in [3.8, 4) is 0 Å². The number of aliphatic hydroxyl groups is 1. The fourth-order valence-corrected chi connectivity index (χ4v) is 3.41. The first-order chi connectivity index (χ1) is 11.3. The predicted molar refractivity (Wildman–Crippen MR) is 91.4 cm³/mol. The number of ether oxygens (including phenoxy) is 1. The topological polar surface area (TPSA) is 39.2 Å². The zero-order valence-corrected chi connectivity index (χ0v) is 13.9. The number of rotatable bonds is 6. The molecular weight excluding hydrogens is 290 g/mol. The molecule has 1 atom stereocenters. The Morgan fingerprint density at radius 3 is 2.04 bits per heavy atom. The molecule has 0 aromatic heterocycles. The Morgan fingerprint density at radius 2 is 1.39 bits per heavy atom. The van der Waals surface area contributed by atoms with Gasteiger partial charge in [0.15, 0.2) is 0 Å². The first-order valence-corrected chi connectivity index (χ1v) is 8.76. The first-order valence-electron chi connectivity index (χ1n) is 8.76. The minimum atomic E-state index is -0.256. The van der Waals surface area contributed by atoms with Gasteiger partial charge < -0.3 is 9.84 Å². The quantitative estimate of drug-likeness (QED) is 0.827. The lowest BCUT2D eigenvalue weighted by molar-refractivity contribution is 0.00218. The van der Waals surface area contributed by atoms with Gasteiger partial charge in [0.2, 0.25) is 0 Å². The normalized spacial score (nSPS) is 23.0. The highest BCUT2D eigenvalue weighted by atomic mass is 16.5. The number of hydrogen-bond acceptors (Lipinski definition) is 5. The fraction of sp³-hybridized carbons (Fsp3) is 0.667. The van der Waals surface area contributed by atoms with Gasteiger partial charge >= 0.3 is 0 Å². The third-order valence-corrected chi connectivity index (χ3v) is 4.76. The molecule has 23 heavy (non-hydrogen) atoms. The van der Waals surface area contributed by atoms with Gasteiger partial charge in [-0.25, -0.2) is 0 Å². The molecule has 0 bridgehead atoms. The Kier molecular flexibility index (Phi) is 6.42. The van der Waals surface area contributed by atoms with E-state index in [0.29, 0.717) is 0 Å². The number of benzene rings is 1. The van der Waals surface area contributed by atoms with Crippen LogP contribution in [-0.4, -0.2) is 91.5 Å². The zero-order valence-electron chi connectivity index (χ0n) is 13.9. The van der Waals surface area contributed by atoms with Crippen LogP contribution in [0.3, 0.4) is 0 Å². The highest BCUT2D eigenvalue weighted by Crippen LogP contribution is 2.09. The van der Waals surface area contributed by atoms with Crippen molar-refractivity contribution in [1.29, 1.82) is 0 Å². The molecule has 2 aliphatic rings. The van der Waals surface area contributed by atoms with Crippen LogP contribution >= 0.6 is 0 Å². The molecule has 2 saturated heterocycles. The molecule has 2 fully saturated rings. The van der Waals surface area contributed by atoms with Gasteiger partial charge in [-0.2, -0.15) is 0 Å². The minimum absolute atomic E-state index is 0.256. The highest BCUT2D eigenvalue weighted by molar-refractivity contribution is 5.14. The van der Waals surface area contributed by atoms with Crippen molar-refractivity contribution >= 4 is 0 Å². The summed E-state index contributed by atoms with van der Waals surface area (Å²) in [7, 11) is 0. The molecule has 1 aromatic rings. The molecule has 2 heterocycles. The van der Waals surface area contributed by atoms with E-state index in [0.717, 1.165) is 72.1 Å². The van der Waals surface area contributed by atoms with Crippen molar-refractivity contribution in [2.45, 2.75) is 12.6 Å². The molecule has 0 spiro atoms. The SMILES string of the molecule is OC(CN1CCOCC1)CN1CCN(Cc2ccccc2)CC1. The molecule has 0 aliphatic carbocycles. The second kappa shape index (κ2) is 8.76. The summed E-state index contributed by atoms with van der Waals surface area (Å²) in [6, 6.07) is 10.7. The maximum Gasteiger partial charge on any atom is 0.0793 e. The van der Waals surface area contributed by atoms with Crippen LogP contribution in [0.2, 0.25) is 0 Å². The van der Waals surface area contributed by atoms with Gasteiger partial charge in [0.1, 0.15) is 0 Å². The molecule has 1 unspecified atom stereocenters. The van der Waals surface area contributed by atoms with Crippen LogP contribution < -0.4 is 0 Å². The van der Waals surface area contributed by atoms with Crippen molar-refractivity contribution < 1.29 is 9.84 Å². The van der Waals surface area contributed by atoms with Crippen molar-refractivity contribution in [2.24, 2.45) is 0 Å². The Hall–Kier alpha value is -0.980. The number of morpholine rings is 1. The standard InChI is InChI=1S/C18H29N3O2/c22-18(16-21-10-12-23-13-11-21)15-20-8-6-19(7-9-20)14-17-4-2-1-3-5-17/h1-5,18,22H,6-16H2. The lowest BCUT2D eigenvalue weighted by Gasteiger charge is -2.36. The largest absolute Gasteiger partial charge is 0.390 e. The molecule has 1 N–H and O–H groups in total. The van der Waals surface area contributed by atoms with Gasteiger partial charge in [-0.3, -0.25) is 14.7 Å². The number of piperazine rings is 1. The Balaban J connectivity index is 1.35. The van der Waals surface area contributed by atoms with Crippen molar-refractivity contribution in [1.82, 2.24) is 14.7 Å². The van der Waals surface area contributed by atoms with Gasteiger partial charge in [0.05, 0.1) is 19.3 Å². The molecule has 5 nitrogen and oxygen atoms in total. The van der Waals surface area contributed by atoms with Crippen LogP contribution in [0, 0.1) is 0 Å². The van der Waals surface area contributed by atoms with Gasteiger partial charge in [-0.15, -0.1) is 0 Å². The summed E-state index contributed by atoms with van der Waals surface area (Å²) in [5.41, 5.74) is 1.38. The second-order valence-corrected chi connectivity index (χ2v) is 6.63. The highest BCUT2D eigenvalue weighted by Gasteiger charge is 2.21. The van der Waals surface area contributed by atoms with E-state index in [-0.39, 0.29) is 6.10 Å². The van der Waals surface area contributed by atoms with Crippen LogP contribution in [-0.2, 0) is 11.3 Å². The molecule has 2 aliphatic heterocycles. The average Bonchev–Trinajstić information content (AvgIpc) is 2.58. The number of nitrogens with zero attached hydrogens (tertiary/aromatic N) is 3. The van der Waals surface area contributed by atoms with Crippen molar-refractivity contribution in [3.05, 3.63) is 35.9 Å². The minimum Gasteiger partial charge on any atom is -0.390 e. The van der Waals surface area contributed by atoms with Crippen LogP contribution in [0.15, 0.2) is 30.3 Å². The molecule has 0 amide bonds. The maximum atomic E-state index is 10.3. The van der Waals surface area contributed by atoms with Crippen molar-refractivity contribution in [2.75, 3.05) is 65.6 Å². The van der Waals surface area contributed by atoms with E-state index in [1.165, 1.54) is 5.56 Å². The summed E-state index contributed by atoms with van der Waals surface area (Å²) in [6.07, 6.45) is -0.256. The Bertz CT molecular complexity index is 443. The summed E-state index contributed by atoms with van der Waals surface area (Å²) < 4.78 is 5.35. The number of hydrogen-bond donors (Lipinski definition) is 1. The molecule has 128 valence electrons. The third kappa shape index (κ3) is 5.55. The van der Waals surface area contributed by atoms with Gasteiger partial charge in [0.25, 0.3) is 0 Å². The lowest BCUT2D eigenvalue weighted by atomic mass is 10.2. The number of β-amino-alcohol motifs (C(OH)–C–C–N with tert-alkyl or cyclic N) is 1. The predicted octanol–water partition coefficient (Wildman–Crippen LogP) is 0.497. The number of aliphatic hydroxyl groups excluding tert-OH is 1. The lowest BCUT2D eigenvalue weighted by Crippen LogP contribution is -2.50. The summed E-state index contributed by atoms with van der Waals surface area (Å²) >= 11 is 0. The van der Waals surface area contributed by atoms with E-state index in [1.54, 1.807) is 0 Å². The summed E-state index contributed by atoms with van der Waals surface area (Å²) in [4.78, 5) is 7.20. The summed E-state index contributed by atoms with van der Waals surface area (Å²) in [6.45, 7) is 10.3. The smallest absolute Gasteiger partial charge is 0.0793 e. The van der Waals surface area contributed by atoms with Gasteiger partial charge in [-0.05, 0) is 5.56 Å². The average molecular weight is 319 g/mol. The summed E-state index contributed by atoms with van der Waals surface area (Å²) in [5, 5.41) is 10.3. The van der Waals surface area contributed by atoms with E-state index in [1.807, 2.05) is 0 Å². The second-order valence-electron chi connectivity index (χ2n) is 6.63. The monoisotopic (exact) mass is 319 g/mol. The van der Waals surface area contributed by atoms with Crippen LogP contribution in [0.25, 0.3) is 0 Å². The summed E-state index contributed by atoms with van der Waals surface area (Å²) in [5.74, 6) is 0. The van der Waals surface area contributed by atoms with Gasteiger partial charge in [0, 0.05) is 58.9 Å². The molecule has 0 saturated carbocycles. The van der Waals surface area contributed by atoms with Crippen LogP contribution in [0.1, 0.15) is 5.56 Å². The Labute approximate surface area is 139 Å². The van der Waals surface area contributed by atoms with E-state index in [4.69, 9.17) is 4.74 Å². The molecule has 0 radical (unpaired) electrons. The van der Waals surface area contributed by atoms with E-state index < -0.39 is 0 Å². The molecule has 1 aromatic carbocycles.